The lowest BCUT2D eigenvalue weighted by Gasteiger charge is -2.25. The number of aliphatic hydroxyl groups is 1. The highest BCUT2D eigenvalue weighted by Crippen LogP contribution is 2.21. The third-order valence-electron chi connectivity index (χ3n) is 2.99. The van der Waals surface area contributed by atoms with Gasteiger partial charge in [0.15, 0.2) is 0 Å². The summed E-state index contributed by atoms with van der Waals surface area (Å²) in [7, 11) is 0. The summed E-state index contributed by atoms with van der Waals surface area (Å²) in [6, 6.07) is 7.92. The summed E-state index contributed by atoms with van der Waals surface area (Å²) in [5.74, 6) is 0. The van der Waals surface area contributed by atoms with Crippen molar-refractivity contribution in [3.63, 3.8) is 0 Å². The van der Waals surface area contributed by atoms with Crippen LogP contribution in [-0.2, 0) is 6.54 Å². The zero-order chi connectivity index (χ0) is 12.7. The van der Waals surface area contributed by atoms with Gasteiger partial charge in [-0.1, -0.05) is 32.0 Å². The van der Waals surface area contributed by atoms with Gasteiger partial charge in [0.1, 0.15) is 0 Å². The van der Waals surface area contributed by atoms with Crippen LogP contribution in [-0.4, -0.2) is 18.3 Å². The Hall–Kier alpha value is -1.06. The van der Waals surface area contributed by atoms with Crippen LogP contribution >= 0.6 is 0 Å². The number of benzene rings is 1. The number of nitrogens with two attached hydrogens (primary N) is 1. The number of nitrogen functional groups attached to an aromatic ring is 1. The van der Waals surface area contributed by atoms with E-state index in [1.165, 1.54) is 0 Å². The van der Waals surface area contributed by atoms with E-state index in [1.807, 2.05) is 24.3 Å². The van der Waals surface area contributed by atoms with Gasteiger partial charge in [0.05, 0.1) is 0 Å². The zero-order valence-corrected chi connectivity index (χ0v) is 10.9. The quantitative estimate of drug-likeness (QED) is 0.636. The molecule has 1 rings (SSSR count). The van der Waals surface area contributed by atoms with Crippen molar-refractivity contribution >= 4 is 5.69 Å². The Kier molecular flexibility index (Phi) is 5.45. The fraction of sp³-hybridized carbons (Fsp3) is 0.571. The van der Waals surface area contributed by atoms with Crippen LogP contribution in [0.1, 0.15) is 32.3 Å². The molecule has 0 fully saturated rings. The Morgan fingerprint density at radius 1 is 1.29 bits per heavy atom. The molecular formula is C14H24N2O. The summed E-state index contributed by atoms with van der Waals surface area (Å²) in [6.45, 7) is 6.43. The van der Waals surface area contributed by atoms with Crippen LogP contribution in [0.4, 0.5) is 5.69 Å². The summed E-state index contributed by atoms with van der Waals surface area (Å²) in [5.41, 5.74) is 8.08. The molecule has 0 bridgehead atoms. The predicted octanol–water partition coefficient (Wildman–Crippen LogP) is 2.16. The molecule has 0 amide bonds. The van der Waals surface area contributed by atoms with Crippen LogP contribution in [0.25, 0.3) is 0 Å². The zero-order valence-electron chi connectivity index (χ0n) is 10.9. The molecule has 3 nitrogen and oxygen atoms in total. The average molecular weight is 236 g/mol. The van der Waals surface area contributed by atoms with E-state index in [4.69, 9.17) is 10.8 Å². The number of aliphatic hydroxyl groups excluding tert-OH is 1. The first kappa shape index (κ1) is 14.0. The van der Waals surface area contributed by atoms with Gasteiger partial charge < -0.3 is 16.2 Å². The molecule has 0 unspecified atom stereocenters. The minimum atomic E-state index is 0.215. The van der Waals surface area contributed by atoms with E-state index in [-0.39, 0.29) is 12.0 Å². The first-order valence-electron chi connectivity index (χ1n) is 6.20. The Balaban J connectivity index is 2.35. The lowest BCUT2D eigenvalue weighted by atomic mass is 9.88. The van der Waals surface area contributed by atoms with Gasteiger partial charge in [-0.3, -0.25) is 0 Å². The van der Waals surface area contributed by atoms with Crippen molar-refractivity contribution in [3.8, 4) is 0 Å². The lowest BCUT2D eigenvalue weighted by molar-refractivity contribution is 0.236. The van der Waals surface area contributed by atoms with Gasteiger partial charge in [0, 0.05) is 25.4 Å². The average Bonchev–Trinajstić information content (AvgIpc) is 2.29. The van der Waals surface area contributed by atoms with Gasteiger partial charge >= 0.3 is 0 Å². The van der Waals surface area contributed by atoms with Crippen LogP contribution in [0.15, 0.2) is 24.3 Å². The molecule has 0 aliphatic carbocycles. The monoisotopic (exact) mass is 236 g/mol. The van der Waals surface area contributed by atoms with Gasteiger partial charge in [-0.05, 0) is 29.9 Å². The SMILES string of the molecule is CC(C)(CCCO)CNCc1ccccc1N. The Morgan fingerprint density at radius 2 is 2.00 bits per heavy atom. The molecule has 1 aromatic carbocycles. The minimum absolute atomic E-state index is 0.215. The highest BCUT2D eigenvalue weighted by molar-refractivity contribution is 5.46. The molecule has 0 aliphatic rings. The molecule has 3 heteroatoms. The van der Waals surface area contributed by atoms with Crippen LogP contribution in [0.5, 0.6) is 0 Å². The standard InChI is InChI=1S/C14H24N2O/c1-14(2,8-5-9-17)11-16-10-12-6-3-4-7-13(12)15/h3-4,6-7,16-17H,5,8-11,15H2,1-2H3. The number of rotatable bonds is 7. The van der Waals surface area contributed by atoms with Gasteiger partial charge in [-0.25, -0.2) is 0 Å². The molecule has 0 heterocycles. The fourth-order valence-electron chi connectivity index (χ4n) is 1.88. The first-order valence-corrected chi connectivity index (χ1v) is 6.20. The van der Waals surface area contributed by atoms with Crippen LogP contribution in [0, 0.1) is 5.41 Å². The second-order valence-corrected chi connectivity index (χ2v) is 5.29. The third-order valence-corrected chi connectivity index (χ3v) is 2.99. The van der Waals surface area contributed by atoms with E-state index in [0.717, 1.165) is 37.2 Å². The van der Waals surface area contributed by atoms with E-state index < -0.39 is 0 Å². The number of para-hydroxylation sites is 1. The van der Waals surface area contributed by atoms with E-state index in [9.17, 15) is 0 Å². The fourth-order valence-corrected chi connectivity index (χ4v) is 1.88. The summed E-state index contributed by atoms with van der Waals surface area (Å²) in [5, 5.41) is 12.3. The largest absolute Gasteiger partial charge is 0.398 e. The molecule has 0 atom stereocenters. The van der Waals surface area contributed by atoms with E-state index >= 15 is 0 Å². The molecule has 0 aliphatic heterocycles. The van der Waals surface area contributed by atoms with Crippen LogP contribution in [0.2, 0.25) is 0 Å². The van der Waals surface area contributed by atoms with Gasteiger partial charge in [-0.2, -0.15) is 0 Å². The van der Waals surface area contributed by atoms with Crippen molar-refractivity contribution in [2.45, 2.75) is 33.2 Å². The van der Waals surface area contributed by atoms with Crippen molar-refractivity contribution in [1.82, 2.24) is 5.32 Å². The maximum atomic E-state index is 8.83. The van der Waals surface area contributed by atoms with Crippen LogP contribution < -0.4 is 11.1 Å². The Morgan fingerprint density at radius 3 is 2.65 bits per heavy atom. The summed E-state index contributed by atoms with van der Waals surface area (Å²) in [4.78, 5) is 0. The molecule has 0 aromatic heterocycles. The minimum Gasteiger partial charge on any atom is -0.398 e. The topological polar surface area (TPSA) is 58.3 Å². The number of anilines is 1. The van der Waals surface area contributed by atoms with Gasteiger partial charge in [0.2, 0.25) is 0 Å². The molecular weight excluding hydrogens is 212 g/mol. The maximum Gasteiger partial charge on any atom is 0.0431 e. The molecule has 0 saturated carbocycles. The smallest absolute Gasteiger partial charge is 0.0431 e. The summed E-state index contributed by atoms with van der Waals surface area (Å²) in [6.07, 6.45) is 1.89. The van der Waals surface area contributed by atoms with Crippen LogP contribution in [0.3, 0.4) is 0 Å². The van der Waals surface area contributed by atoms with Gasteiger partial charge in [-0.15, -0.1) is 0 Å². The van der Waals surface area contributed by atoms with Crippen molar-refractivity contribution in [1.29, 1.82) is 0 Å². The molecule has 0 radical (unpaired) electrons. The Labute approximate surface area is 104 Å². The molecule has 17 heavy (non-hydrogen) atoms. The maximum absolute atomic E-state index is 8.83. The van der Waals surface area contributed by atoms with E-state index in [1.54, 1.807) is 0 Å². The normalized spacial score (nSPS) is 11.7. The molecule has 96 valence electrons. The van der Waals surface area contributed by atoms with E-state index in [0.29, 0.717) is 0 Å². The summed E-state index contributed by atoms with van der Waals surface area (Å²) >= 11 is 0. The number of hydrogen-bond donors (Lipinski definition) is 3. The second kappa shape index (κ2) is 6.62. The molecule has 0 spiro atoms. The lowest BCUT2D eigenvalue weighted by Crippen LogP contribution is -2.29. The predicted molar refractivity (Wildman–Crippen MR) is 72.7 cm³/mol. The van der Waals surface area contributed by atoms with E-state index in [2.05, 4.69) is 19.2 Å². The Bertz CT molecular complexity index is 337. The van der Waals surface area contributed by atoms with Crippen molar-refractivity contribution < 1.29 is 5.11 Å². The third kappa shape index (κ3) is 5.20. The summed E-state index contributed by atoms with van der Waals surface area (Å²) < 4.78 is 0. The number of hydrogen-bond acceptors (Lipinski definition) is 3. The number of nitrogens with one attached hydrogen (secondary N) is 1. The molecule has 4 N–H and O–H groups in total. The van der Waals surface area contributed by atoms with Crippen molar-refractivity contribution in [2.24, 2.45) is 5.41 Å². The van der Waals surface area contributed by atoms with Gasteiger partial charge in [0.25, 0.3) is 0 Å². The molecule has 1 aromatic rings. The van der Waals surface area contributed by atoms with Crippen molar-refractivity contribution in [2.75, 3.05) is 18.9 Å². The first-order chi connectivity index (χ1) is 8.05. The molecule has 0 saturated heterocycles. The highest BCUT2D eigenvalue weighted by Gasteiger charge is 2.16. The highest BCUT2D eigenvalue weighted by atomic mass is 16.2. The van der Waals surface area contributed by atoms with Crippen molar-refractivity contribution in [3.05, 3.63) is 29.8 Å². The second-order valence-electron chi connectivity index (χ2n) is 5.29.